The number of carbonyl (C=O) groups excluding carboxylic acids is 2. The highest BCUT2D eigenvalue weighted by Crippen LogP contribution is 2.17. The molecule has 0 saturated carbocycles. The van der Waals surface area contributed by atoms with Gasteiger partial charge in [-0.15, -0.1) is 0 Å². The van der Waals surface area contributed by atoms with Gasteiger partial charge in [0.1, 0.15) is 0 Å². The molecule has 2 aromatic heterocycles. The van der Waals surface area contributed by atoms with Crippen LogP contribution in [-0.4, -0.2) is 40.2 Å². The number of benzene rings is 1. The second-order valence-electron chi connectivity index (χ2n) is 5.60. The van der Waals surface area contributed by atoms with E-state index in [2.05, 4.69) is 20.7 Å². The number of pyridine rings is 1. The molecule has 0 atom stereocenters. The second kappa shape index (κ2) is 7.57. The molecule has 2 heterocycles. The van der Waals surface area contributed by atoms with Crippen LogP contribution in [0.1, 0.15) is 22.5 Å². The smallest absolute Gasteiger partial charge is 0.254 e. The highest BCUT2D eigenvalue weighted by atomic mass is 16.1. The molecule has 0 aliphatic heterocycles. The molecule has 0 radical (unpaired) electrons. The molecule has 25 heavy (non-hydrogen) atoms. The van der Waals surface area contributed by atoms with Crippen molar-refractivity contribution in [3.8, 4) is 5.82 Å². The number of para-hydroxylation sites is 1. The van der Waals surface area contributed by atoms with Gasteiger partial charge in [-0.05, 0) is 31.5 Å². The Morgan fingerprint density at radius 1 is 1.20 bits per heavy atom. The van der Waals surface area contributed by atoms with Crippen LogP contribution in [0.4, 0.5) is 0 Å². The molecular weight excluding hydrogens is 318 g/mol. The van der Waals surface area contributed by atoms with Crippen molar-refractivity contribution in [2.75, 3.05) is 13.1 Å². The van der Waals surface area contributed by atoms with E-state index in [-0.39, 0.29) is 5.91 Å². The molecule has 3 aromatic rings. The summed E-state index contributed by atoms with van der Waals surface area (Å²) in [5, 5.41) is 10.7. The Morgan fingerprint density at radius 2 is 2.04 bits per heavy atom. The van der Waals surface area contributed by atoms with Gasteiger partial charge in [-0.3, -0.25) is 9.59 Å². The Bertz CT molecular complexity index is 903. The van der Waals surface area contributed by atoms with Crippen molar-refractivity contribution in [3.63, 3.8) is 0 Å². The number of rotatable bonds is 7. The number of aromatic nitrogens is 3. The topological polar surface area (TPSA) is 88.9 Å². The predicted molar refractivity (Wildman–Crippen MR) is 94.6 cm³/mol. The molecule has 7 nitrogen and oxygen atoms in total. The van der Waals surface area contributed by atoms with E-state index in [1.54, 1.807) is 10.9 Å². The van der Waals surface area contributed by atoms with Crippen molar-refractivity contribution in [2.45, 2.75) is 13.3 Å². The zero-order valence-electron chi connectivity index (χ0n) is 13.9. The molecule has 0 saturated heterocycles. The molecule has 7 heteroatoms. The number of carbonyl (C=O) groups is 2. The highest BCUT2D eigenvalue weighted by molar-refractivity contribution is 5.95. The summed E-state index contributed by atoms with van der Waals surface area (Å²) >= 11 is 0. The van der Waals surface area contributed by atoms with Gasteiger partial charge < -0.3 is 10.6 Å². The summed E-state index contributed by atoms with van der Waals surface area (Å²) in [4.78, 5) is 27.1. The first-order chi connectivity index (χ1) is 12.2. The fraction of sp³-hybridized carbons (Fsp3) is 0.222. The Labute approximate surface area is 145 Å². The highest BCUT2D eigenvalue weighted by Gasteiger charge is 2.15. The molecule has 0 bridgehead atoms. The lowest BCUT2D eigenvalue weighted by molar-refractivity contribution is -0.109. The SMILES string of the molecule is Cc1c(C(=O)NCCCNC=O)cnn1-c1ccc2ccccc2n1. The summed E-state index contributed by atoms with van der Waals surface area (Å²) in [5.41, 5.74) is 2.12. The number of nitrogens with zero attached hydrogens (tertiary/aromatic N) is 3. The van der Waals surface area contributed by atoms with Crippen molar-refractivity contribution in [1.82, 2.24) is 25.4 Å². The second-order valence-corrected chi connectivity index (χ2v) is 5.60. The third kappa shape index (κ3) is 3.65. The minimum Gasteiger partial charge on any atom is -0.359 e. The van der Waals surface area contributed by atoms with Crippen LogP contribution >= 0.6 is 0 Å². The summed E-state index contributed by atoms with van der Waals surface area (Å²) in [5.74, 6) is 0.487. The lowest BCUT2D eigenvalue weighted by Gasteiger charge is -2.07. The third-order valence-electron chi connectivity index (χ3n) is 3.92. The van der Waals surface area contributed by atoms with Gasteiger partial charge in [0.15, 0.2) is 5.82 Å². The van der Waals surface area contributed by atoms with Gasteiger partial charge in [0, 0.05) is 18.5 Å². The lowest BCUT2D eigenvalue weighted by Crippen LogP contribution is -2.27. The van der Waals surface area contributed by atoms with Crippen LogP contribution in [0.2, 0.25) is 0 Å². The van der Waals surface area contributed by atoms with E-state index in [0.717, 1.165) is 16.6 Å². The average molecular weight is 337 g/mol. The van der Waals surface area contributed by atoms with Crippen molar-refractivity contribution in [2.24, 2.45) is 0 Å². The molecule has 0 fully saturated rings. The van der Waals surface area contributed by atoms with E-state index in [1.807, 2.05) is 43.3 Å². The van der Waals surface area contributed by atoms with E-state index >= 15 is 0 Å². The number of amides is 2. The predicted octanol–water partition coefficient (Wildman–Crippen LogP) is 1.59. The van der Waals surface area contributed by atoms with Crippen molar-refractivity contribution >= 4 is 23.2 Å². The molecule has 0 spiro atoms. The van der Waals surface area contributed by atoms with Crippen molar-refractivity contribution in [3.05, 3.63) is 53.9 Å². The summed E-state index contributed by atoms with van der Waals surface area (Å²) < 4.78 is 1.66. The molecule has 2 amide bonds. The van der Waals surface area contributed by atoms with Gasteiger partial charge in [-0.2, -0.15) is 5.10 Å². The van der Waals surface area contributed by atoms with Gasteiger partial charge in [-0.25, -0.2) is 9.67 Å². The summed E-state index contributed by atoms with van der Waals surface area (Å²) in [6, 6.07) is 11.7. The van der Waals surface area contributed by atoms with Crippen LogP contribution in [-0.2, 0) is 4.79 Å². The van der Waals surface area contributed by atoms with Gasteiger partial charge in [0.2, 0.25) is 6.41 Å². The summed E-state index contributed by atoms with van der Waals surface area (Å²) in [6.07, 6.45) is 2.86. The zero-order valence-corrected chi connectivity index (χ0v) is 13.9. The first-order valence-electron chi connectivity index (χ1n) is 8.06. The maximum atomic E-state index is 12.3. The van der Waals surface area contributed by atoms with Crippen molar-refractivity contribution < 1.29 is 9.59 Å². The van der Waals surface area contributed by atoms with Crippen LogP contribution in [0.25, 0.3) is 16.7 Å². The third-order valence-corrected chi connectivity index (χ3v) is 3.92. The molecule has 0 aliphatic rings. The first kappa shape index (κ1) is 16.6. The van der Waals surface area contributed by atoms with E-state index < -0.39 is 0 Å². The van der Waals surface area contributed by atoms with Crippen LogP contribution < -0.4 is 10.6 Å². The maximum Gasteiger partial charge on any atom is 0.254 e. The van der Waals surface area contributed by atoms with Gasteiger partial charge in [-0.1, -0.05) is 18.2 Å². The molecule has 0 aliphatic carbocycles. The maximum absolute atomic E-state index is 12.3. The number of fused-ring (bicyclic) bond motifs is 1. The quantitative estimate of drug-likeness (QED) is 0.506. The Kier molecular flexibility index (Phi) is 5.03. The zero-order chi connectivity index (χ0) is 17.6. The Morgan fingerprint density at radius 3 is 2.88 bits per heavy atom. The Hall–Kier alpha value is -3.22. The molecular formula is C18H19N5O2. The largest absolute Gasteiger partial charge is 0.359 e. The van der Waals surface area contributed by atoms with Crippen LogP contribution in [0.5, 0.6) is 0 Å². The minimum atomic E-state index is -0.185. The molecule has 1 aromatic carbocycles. The van der Waals surface area contributed by atoms with E-state index in [9.17, 15) is 9.59 Å². The average Bonchev–Trinajstić information content (AvgIpc) is 3.02. The lowest BCUT2D eigenvalue weighted by atomic mass is 10.2. The monoisotopic (exact) mass is 337 g/mol. The standard InChI is InChI=1S/C18H19N5O2/c1-13-15(18(25)20-10-4-9-19-12-24)11-21-23(13)17-8-7-14-5-2-3-6-16(14)22-17/h2-3,5-8,11-12H,4,9-10H2,1H3,(H,19,24)(H,20,25). The van der Waals surface area contributed by atoms with Crippen LogP contribution in [0, 0.1) is 6.92 Å². The molecule has 128 valence electrons. The molecule has 3 rings (SSSR count). The summed E-state index contributed by atoms with van der Waals surface area (Å²) in [6.45, 7) is 2.86. The number of hydrogen-bond acceptors (Lipinski definition) is 4. The van der Waals surface area contributed by atoms with E-state index in [1.165, 1.54) is 0 Å². The molecule has 2 N–H and O–H groups in total. The van der Waals surface area contributed by atoms with Gasteiger partial charge >= 0.3 is 0 Å². The number of nitrogens with one attached hydrogen (secondary N) is 2. The van der Waals surface area contributed by atoms with E-state index in [4.69, 9.17) is 0 Å². The normalized spacial score (nSPS) is 10.6. The van der Waals surface area contributed by atoms with Gasteiger partial charge in [0.25, 0.3) is 5.91 Å². The summed E-state index contributed by atoms with van der Waals surface area (Å²) in [7, 11) is 0. The fourth-order valence-corrected chi connectivity index (χ4v) is 2.58. The van der Waals surface area contributed by atoms with Crippen LogP contribution in [0.15, 0.2) is 42.6 Å². The minimum absolute atomic E-state index is 0.185. The van der Waals surface area contributed by atoms with Crippen molar-refractivity contribution in [1.29, 1.82) is 0 Å². The van der Waals surface area contributed by atoms with Gasteiger partial charge in [0.05, 0.1) is 23.0 Å². The Balaban J connectivity index is 1.75. The van der Waals surface area contributed by atoms with Crippen LogP contribution in [0.3, 0.4) is 0 Å². The fourth-order valence-electron chi connectivity index (χ4n) is 2.58. The molecule has 0 unspecified atom stereocenters. The van der Waals surface area contributed by atoms with E-state index in [0.29, 0.717) is 37.3 Å². The first-order valence-corrected chi connectivity index (χ1v) is 8.06. The number of hydrogen-bond donors (Lipinski definition) is 2.